The van der Waals surface area contributed by atoms with E-state index in [1.165, 1.54) is 18.2 Å². The van der Waals surface area contributed by atoms with Gasteiger partial charge in [0.1, 0.15) is 0 Å². The lowest BCUT2D eigenvalue weighted by Crippen LogP contribution is -2.54. The molecule has 1 aromatic heterocycles. The number of anilines is 1. The second-order valence-electron chi connectivity index (χ2n) is 9.00. The van der Waals surface area contributed by atoms with E-state index in [0.29, 0.717) is 54.2 Å². The lowest BCUT2D eigenvalue weighted by Gasteiger charge is -2.36. The zero-order chi connectivity index (χ0) is 26.7. The first-order chi connectivity index (χ1) is 17.7. The van der Waals surface area contributed by atoms with Crippen LogP contribution in [0.15, 0.2) is 23.0 Å². The Hall–Kier alpha value is -3.00. The molecule has 2 aromatic rings. The number of fused-ring (bicyclic) bond motifs is 3. The van der Waals surface area contributed by atoms with Crippen LogP contribution in [0.4, 0.5) is 5.69 Å². The fraction of sp³-hybridized carbons (Fsp3) is 0.542. The first-order valence-electron chi connectivity index (χ1n) is 12.5. The summed E-state index contributed by atoms with van der Waals surface area (Å²) in [4.78, 5) is 35.1. The van der Waals surface area contributed by atoms with Crippen molar-refractivity contribution in [1.82, 2.24) is 19.5 Å². The largest absolute Gasteiger partial charge is 0.520 e. The van der Waals surface area contributed by atoms with Crippen LogP contribution in [0.1, 0.15) is 38.4 Å². The van der Waals surface area contributed by atoms with Crippen molar-refractivity contribution in [3.8, 4) is 17.1 Å². The number of carbonyl (C=O) groups excluding carboxylic acids is 1. The number of hydrogen-bond acceptors (Lipinski definition) is 10. The molecule has 1 amide bonds. The van der Waals surface area contributed by atoms with Crippen molar-refractivity contribution in [2.75, 3.05) is 45.2 Å². The van der Waals surface area contributed by atoms with Crippen molar-refractivity contribution in [3.05, 3.63) is 39.8 Å². The Bertz CT molecular complexity index is 1320. The number of nitrogens with one attached hydrogen (secondary N) is 1. The highest BCUT2D eigenvalue weighted by atomic mass is 32.3. The smallest absolute Gasteiger partial charge is 0.354 e. The summed E-state index contributed by atoms with van der Waals surface area (Å²) in [7, 11) is -2.55. The molecule has 1 fully saturated rings. The molecule has 1 saturated heterocycles. The van der Waals surface area contributed by atoms with E-state index in [4.69, 9.17) is 13.2 Å². The van der Waals surface area contributed by atoms with Crippen LogP contribution in [-0.4, -0.2) is 79.9 Å². The van der Waals surface area contributed by atoms with E-state index in [-0.39, 0.29) is 23.0 Å². The van der Waals surface area contributed by atoms with Gasteiger partial charge in [0.05, 0.1) is 11.3 Å². The van der Waals surface area contributed by atoms with Crippen molar-refractivity contribution < 1.29 is 26.4 Å². The summed E-state index contributed by atoms with van der Waals surface area (Å²) < 4.78 is 41.5. The number of amides is 1. The minimum absolute atomic E-state index is 0.0240. The topological polar surface area (TPSA) is 132 Å². The van der Waals surface area contributed by atoms with Gasteiger partial charge in [0.25, 0.3) is 11.5 Å². The van der Waals surface area contributed by atoms with E-state index in [0.717, 1.165) is 19.5 Å². The predicted molar refractivity (Wildman–Crippen MR) is 137 cm³/mol. The third-order valence-corrected chi connectivity index (χ3v) is 7.05. The molecule has 0 saturated carbocycles. The summed E-state index contributed by atoms with van der Waals surface area (Å²) in [5.74, 6) is -0.443. The number of aryl methyl sites for hydroxylation is 1. The van der Waals surface area contributed by atoms with Crippen molar-refractivity contribution in [2.45, 2.75) is 46.3 Å². The van der Waals surface area contributed by atoms with Crippen LogP contribution in [0.25, 0.3) is 11.4 Å². The van der Waals surface area contributed by atoms with Gasteiger partial charge in [0.15, 0.2) is 17.8 Å². The normalized spacial score (nSPS) is 18.1. The molecular formula is C24H33N5O7S. The number of ether oxygens (including phenoxy) is 1. The average Bonchev–Trinajstić information content (AvgIpc) is 2.98. The van der Waals surface area contributed by atoms with Crippen LogP contribution in [0.5, 0.6) is 5.75 Å². The van der Waals surface area contributed by atoms with Gasteiger partial charge in [-0.2, -0.15) is 0 Å². The summed E-state index contributed by atoms with van der Waals surface area (Å²) >= 11 is 0. The van der Waals surface area contributed by atoms with E-state index in [1.54, 1.807) is 6.92 Å². The summed E-state index contributed by atoms with van der Waals surface area (Å²) in [5.41, 5.74) is 0.827. The molecule has 4 rings (SSSR count). The standard InChI is InChI=1S/C24H33N5O7S/c1-5-14-34-24(28-12-10-27(4)11-13-28)22(30)25-16-8-9-20-18(15-16)21-26-19(7-3)17(6-2)23(31)29(21)36-37(32,33)35-20/h8-9,15,24H,5-7,10-14H2,1-4H3,(H,25,30). The molecule has 1 atom stereocenters. The van der Waals surface area contributed by atoms with Crippen LogP contribution in [-0.2, 0) is 32.8 Å². The van der Waals surface area contributed by atoms with Crippen molar-refractivity contribution in [3.63, 3.8) is 0 Å². The number of carbonyl (C=O) groups is 1. The number of piperazine rings is 1. The molecule has 202 valence electrons. The van der Waals surface area contributed by atoms with Crippen LogP contribution in [0.3, 0.4) is 0 Å². The molecule has 2 aliphatic heterocycles. The molecule has 37 heavy (non-hydrogen) atoms. The minimum Gasteiger partial charge on any atom is -0.354 e. The van der Waals surface area contributed by atoms with Gasteiger partial charge >= 0.3 is 10.4 Å². The maximum Gasteiger partial charge on any atom is 0.520 e. The summed E-state index contributed by atoms with van der Waals surface area (Å²) in [6.45, 7) is 9.05. The van der Waals surface area contributed by atoms with Crippen molar-refractivity contribution >= 4 is 22.0 Å². The Morgan fingerprint density at radius 1 is 1.16 bits per heavy atom. The highest BCUT2D eigenvalue weighted by molar-refractivity contribution is 7.82. The average molecular weight is 536 g/mol. The van der Waals surface area contributed by atoms with Gasteiger partial charge in [-0.15, -0.1) is 13.1 Å². The Morgan fingerprint density at radius 2 is 1.89 bits per heavy atom. The van der Waals surface area contributed by atoms with E-state index in [9.17, 15) is 18.0 Å². The quantitative estimate of drug-likeness (QED) is 0.523. The lowest BCUT2D eigenvalue weighted by molar-refractivity contribution is -0.143. The van der Waals surface area contributed by atoms with E-state index >= 15 is 0 Å². The number of rotatable bonds is 8. The van der Waals surface area contributed by atoms with E-state index < -0.39 is 22.2 Å². The fourth-order valence-corrected chi connectivity index (χ4v) is 5.09. The van der Waals surface area contributed by atoms with Gasteiger partial charge in [-0.3, -0.25) is 18.8 Å². The predicted octanol–water partition coefficient (Wildman–Crippen LogP) is 1.04. The van der Waals surface area contributed by atoms with Crippen molar-refractivity contribution in [2.24, 2.45) is 0 Å². The number of benzene rings is 1. The van der Waals surface area contributed by atoms with Crippen molar-refractivity contribution in [1.29, 1.82) is 0 Å². The number of hydrogen-bond donors (Lipinski definition) is 1. The van der Waals surface area contributed by atoms with Gasteiger partial charge in [0.2, 0.25) is 0 Å². The van der Waals surface area contributed by atoms with Gasteiger partial charge in [-0.05, 0) is 44.5 Å². The molecule has 0 aliphatic carbocycles. The van der Waals surface area contributed by atoms with Gasteiger partial charge in [-0.25, -0.2) is 4.98 Å². The Labute approximate surface area is 216 Å². The maximum absolute atomic E-state index is 13.3. The molecule has 12 nitrogen and oxygen atoms in total. The molecule has 1 aromatic carbocycles. The maximum atomic E-state index is 13.3. The van der Waals surface area contributed by atoms with Crippen LogP contribution < -0.4 is 19.3 Å². The lowest BCUT2D eigenvalue weighted by atomic mass is 10.1. The van der Waals surface area contributed by atoms with Crippen LogP contribution in [0, 0.1) is 0 Å². The van der Waals surface area contributed by atoms with Crippen LogP contribution in [0.2, 0.25) is 0 Å². The van der Waals surface area contributed by atoms with Crippen LogP contribution >= 0.6 is 0 Å². The number of likely N-dealkylation sites (N-methyl/N-ethyl adjacent to an activating group) is 1. The second-order valence-corrected chi connectivity index (χ2v) is 10.1. The number of aromatic nitrogens is 2. The molecule has 0 spiro atoms. The van der Waals surface area contributed by atoms with E-state index in [1.807, 2.05) is 25.8 Å². The summed E-state index contributed by atoms with van der Waals surface area (Å²) in [6.07, 6.45) is 0.805. The third kappa shape index (κ3) is 5.79. The Kier molecular flexibility index (Phi) is 8.17. The zero-order valence-corrected chi connectivity index (χ0v) is 22.3. The number of nitrogens with zero attached hydrogens (tertiary/aromatic N) is 4. The highest BCUT2D eigenvalue weighted by Gasteiger charge is 2.32. The van der Waals surface area contributed by atoms with Gasteiger partial charge in [0, 0.05) is 44.0 Å². The Balaban J connectivity index is 1.71. The first kappa shape index (κ1) is 27.0. The molecular weight excluding hydrogens is 502 g/mol. The van der Waals surface area contributed by atoms with Gasteiger partial charge < -0.3 is 19.1 Å². The molecule has 13 heteroatoms. The monoisotopic (exact) mass is 535 g/mol. The summed E-state index contributed by atoms with van der Waals surface area (Å²) in [5, 5.41) is 2.87. The van der Waals surface area contributed by atoms with E-state index in [2.05, 4.69) is 15.2 Å². The highest BCUT2D eigenvalue weighted by Crippen LogP contribution is 2.34. The molecule has 0 bridgehead atoms. The first-order valence-corrected chi connectivity index (χ1v) is 13.8. The molecule has 3 heterocycles. The second kappa shape index (κ2) is 11.2. The molecule has 1 N–H and O–H groups in total. The molecule has 2 aliphatic rings. The fourth-order valence-electron chi connectivity index (χ4n) is 4.38. The zero-order valence-electron chi connectivity index (χ0n) is 21.5. The summed E-state index contributed by atoms with van der Waals surface area (Å²) in [6, 6.07) is 4.43. The minimum atomic E-state index is -4.59. The SMILES string of the molecule is CCCOC(C(=O)Nc1ccc2c(c1)-c1nc(CC)c(CC)c(=O)n1OS(=O)(=O)O2)N1CCN(C)CC1. The third-order valence-electron chi connectivity index (χ3n) is 6.33. The molecule has 0 radical (unpaired) electrons. The van der Waals surface area contributed by atoms with Gasteiger partial charge in [-0.1, -0.05) is 20.8 Å². The Morgan fingerprint density at radius 3 is 2.54 bits per heavy atom. The molecule has 1 unspecified atom stereocenters.